The number of para-hydroxylation sites is 1. The van der Waals surface area contributed by atoms with Crippen molar-refractivity contribution in [2.45, 2.75) is 12.8 Å². The van der Waals surface area contributed by atoms with Gasteiger partial charge in [-0.3, -0.25) is 14.5 Å². The molecule has 0 unspecified atom stereocenters. The molecule has 0 saturated carbocycles. The van der Waals surface area contributed by atoms with Gasteiger partial charge in [-0.15, -0.1) is 0 Å². The Balaban J connectivity index is 1.33. The second kappa shape index (κ2) is 11.0. The first-order chi connectivity index (χ1) is 16.5. The van der Waals surface area contributed by atoms with Crippen molar-refractivity contribution in [3.63, 3.8) is 0 Å². The molecule has 0 spiro atoms. The van der Waals surface area contributed by atoms with Crippen molar-refractivity contribution in [2.24, 2.45) is 0 Å². The van der Waals surface area contributed by atoms with Crippen LogP contribution in [0.5, 0.6) is 17.2 Å². The van der Waals surface area contributed by atoms with Gasteiger partial charge >= 0.3 is 0 Å². The van der Waals surface area contributed by atoms with Crippen molar-refractivity contribution in [3.05, 3.63) is 89.3 Å². The first-order valence-electron chi connectivity index (χ1n) is 10.7. The van der Waals surface area contributed by atoms with E-state index in [9.17, 15) is 14.7 Å². The van der Waals surface area contributed by atoms with E-state index in [4.69, 9.17) is 17.0 Å². The summed E-state index contributed by atoms with van der Waals surface area (Å²) in [5.41, 5.74) is 1.44. The number of benzene rings is 3. The first-order valence-corrected chi connectivity index (χ1v) is 11.9. The zero-order chi connectivity index (χ0) is 23.9. The normalized spacial score (nSPS) is 14.5. The molecule has 0 bridgehead atoms. The summed E-state index contributed by atoms with van der Waals surface area (Å²) >= 11 is 6.65. The minimum atomic E-state index is -0.165. The monoisotopic (exact) mass is 490 g/mol. The molecule has 3 aromatic carbocycles. The Kier molecular flexibility index (Phi) is 7.61. The van der Waals surface area contributed by atoms with Crippen LogP contribution in [0.25, 0.3) is 6.08 Å². The summed E-state index contributed by atoms with van der Waals surface area (Å²) in [5, 5.41) is 12.1. The fourth-order valence-corrected chi connectivity index (χ4v) is 4.61. The molecule has 2 amide bonds. The largest absolute Gasteiger partial charge is 0.508 e. The van der Waals surface area contributed by atoms with Crippen LogP contribution in [0.2, 0.25) is 0 Å². The Morgan fingerprint density at radius 2 is 1.76 bits per heavy atom. The predicted octanol–water partition coefficient (Wildman–Crippen LogP) is 5.80. The fraction of sp³-hybridized carbons (Fsp3) is 0.115. The molecule has 0 aromatic heterocycles. The van der Waals surface area contributed by atoms with Crippen molar-refractivity contribution in [1.82, 2.24) is 4.90 Å². The van der Waals surface area contributed by atoms with E-state index in [0.29, 0.717) is 33.6 Å². The van der Waals surface area contributed by atoms with Crippen LogP contribution in [0, 0.1) is 0 Å². The molecule has 0 aliphatic carbocycles. The van der Waals surface area contributed by atoms with Gasteiger partial charge in [-0.05, 0) is 66.6 Å². The number of rotatable bonds is 8. The predicted molar refractivity (Wildman–Crippen MR) is 139 cm³/mol. The number of aromatic hydroxyl groups is 1. The SMILES string of the molecule is O=C(CCCN1C(=O)/C(=C/c2cccc(Oc3ccccc3)c2)SC1=S)Nc1ccc(O)cc1. The minimum Gasteiger partial charge on any atom is -0.508 e. The van der Waals surface area contributed by atoms with Crippen LogP contribution in [0.15, 0.2) is 83.8 Å². The third-order valence-electron chi connectivity index (χ3n) is 4.94. The molecule has 0 atom stereocenters. The number of hydrogen-bond donors (Lipinski definition) is 2. The van der Waals surface area contributed by atoms with Crippen LogP contribution in [-0.2, 0) is 9.59 Å². The standard InChI is InChI=1S/C26H22N2O4S2/c29-20-13-11-19(12-14-20)27-24(30)10-5-15-28-25(31)23(34-26(28)33)17-18-6-4-9-22(16-18)32-21-7-2-1-3-8-21/h1-4,6-9,11-14,16-17,29H,5,10,15H2,(H,27,30)/b23-17-. The van der Waals surface area contributed by atoms with Crippen molar-refractivity contribution in [1.29, 1.82) is 0 Å². The lowest BCUT2D eigenvalue weighted by Gasteiger charge is -2.14. The number of amides is 2. The second-order valence-corrected chi connectivity index (χ2v) is 9.20. The van der Waals surface area contributed by atoms with Crippen LogP contribution >= 0.6 is 24.0 Å². The second-order valence-electron chi connectivity index (χ2n) is 7.52. The van der Waals surface area contributed by atoms with Gasteiger partial charge in [0.05, 0.1) is 4.91 Å². The van der Waals surface area contributed by atoms with E-state index in [0.717, 1.165) is 11.3 Å². The molecule has 1 fully saturated rings. The Bertz CT molecular complexity index is 1230. The molecule has 1 aliphatic rings. The smallest absolute Gasteiger partial charge is 0.266 e. The third kappa shape index (κ3) is 6.24. The van der Waals surface area contributed by atoms with Gasteiger partial charge in [0.15, 0.2) is 0 Å². The van der Waals surface area contributed by atoms with Crippen molar-refractivity contribution >= 4 is 51.9 Å². The van der Waals surface area contributed by atoms with E-state index in [2.05, 4.69) is 5.32 Å². The molecule has 1 aliphatic heterocycles. The molecule has 4 rings (SSSR count). The van der Waals surface area contributed by atoms with Gasteiger partial charge < -0.3 is 15.2 Å². The Morgan fingerprint density at radius 1 is 1.03 bits per heavy atom. The Hall–Kier alpha value is -3.62. The van der Waals surface area contributed by atoms with Crippen molar-refractivity contribution < 1.29 is 19.4 Å². The highest BCUT2D eigenvalue weighted by Crippen LogP contribution is 2.33. The van der Waals surface area contributed by atoms with Crippen LogP contribution in [0.4, 0.5) is 5.69 Å². The molecule has 2 N–H and O–H groups in total. The quantitative estimate of drug-likeness (QED) is 0.236. The lowest BCUT2D eigenvalue weighted by Crippen LogP contribution is -2.29. The summed E-state index contributed by atoms with van der Waals surface area (Å²) in [6.45, 7) is 0.363. The zero-order valence-corrected chi connectivity index (χ0v) is 19.8. The number of phenolic OH excluding ortho intramolecular Hbond substituents is 1. The van der Waals surface area contributed by atoms with Crippen molar-refractivity contribution in [3.8, 4) is 17.2 Å². The molecule has 8 heteroatoms. The average Bonchev–Trinajstić information content (AvgIpc) is 3.09. The number of nitrogens with zero attached hydrogens (tertiary/aromatic N) is 1. The molecule has 34 heavy (non-hydrogen) atoms. The van der Waals surface area contributed by atoms with Gasteiger partial charge in [0.2, 0.25) is 5.91 Å². The highest BCUT2D eigenvalue weighted by Gasteiger charge is 2.31. The van der Waals surface area contributed by atoms with E-state index in [1.807, 2.05) is 54.6 Å². The van der Waals surface area contributed by atoms with Gasteiger partial charge in [0.1, 0.15) is 21.6 Å². The maximum Gasteiger partial charge on any atom is 0.266 e. The van der Waals surface area contributed by atoms with E-state index < -0.39 is 0 Å². The highest BCUT2D eigenvalue weighted by atomic mass is 32.2. The molecule has 1 heterocycles. The van der Waals surface area contributed by atoms with E-state index in [-0.39, 0.29) is 24.0 Å². The summed E-state index contributed by atoms with van der Waals surface area (Å²) in [4.78, 5) is 27.1. The molecule has 1 saturated heterocycles. The van der Waals surface area contributed by atoms with Gasteiger partial charge in [0.25, 0.3) is 5.91 Å². The topological polar surface area (TPSA) is 78.9 Å². The Morgan fingerprint density at radius 3 is 2.53 bits per heavy atom. The number of nitrogens with one attached hydrogen (secondary N) is 1. The lowest BCUT2D eigenvalue weighted by molar-refractivity contribution is -0.122. The van der Waals surface area contributed by atoms with Crippen LogP contribution in [0.1, 0.15) is 18.4 Å². The van der Waals surface area contributed by atoms with E-state index in [1.54, 1.807) is 18.2 Å². The Labute approximate surface area is 207 Å². The number of carbonyl (C=O) groups is 2. The summed E-state index contributed by atoms with van der Waals surface area (Å²) in [6.07, 6.45) is 2.52. The molecule has 0 radical (unpaired) electrons. The number of hydrogen-bond acceptors (Lipinski definition) is 6. The van der Waals surface area contributed by atoms with E-state index >= 15 is 0 Å². The summed E-state index contributed by atoms with van der Waals surface area (Å²) in [5.74, 6) is 1.22. The zero-order valence-electron chi connectivity index (χ0n) is 18.1. The number of ether oxygens (including phenoxy) is 1. The summed E-state index contributed by atoms with van der Waals surface area (Å²) in [6, 6.07) is 23.3. The number of carbonyl (C=O) groups excluding carboxylic acids is 2. The van der Waals surface area contributed by atoms with Crippen LogP contribution in [0.3, 0.4) is 0 Å². The fourth-order valence-electron chi connectivity index (χ4n) is 3.30. The molecule has 172 valence electrons. The summed E-state index contributed by atoms with van der Waals surface area (Å²) in [7, 11) is 0. The third-order valence-corrected chi connectivity index (χ3v) is 6.32. The molecular formula is C26H22N2O4S2. The minimum absolute atomic E-state index is 0.135. The first kappa shape index (κ1) is 23.5. The average molecular weight is 491 g/mol. The van der Waals surface area contributed by atoms with Gasteiger partial charge in [0, 0.05) is 18.7 Å². The lowest BCUT2D eigenvalue weighted by atomic mass is 10.2. The van der Waals surface area contributed by atoms with Crippen LogP contribution in [-0.4, -0.2) is 32.7 Å². The van der Waals surface area contributed by atoms with Crippen LogP contribution < -0.4 is 10.1 Å². The maximum atomic E-state index is 12.9. The van der Waals surface area contributed by atoms with E-state index in [1.165, 1.54) is 28.8 Å². The maximum absolute atomic E-state index is 12.9. The molecule has 3 aromatic rings. The van der Waals surface area contributed by atoms with Gasteiger partial charge in [-0.2, -0.15) is 0 Å². The number of thioether (sulfide) groups is 1. The van der Waals surface area contributed by atoms with Gasteiger partial charge in [-0.1, -0.05) is 54.3 Å². The summed E-state index contributed by atoms with van der Waals surface area (Å²) < 4.78 is 6.35. The number of phenols is 1. The molecular weight excluding hydrogens is 468 g/mol. The highest BCUT2D eigenvalue weighted by molar-refractivity contribution is 8.26. The number of thiocarbonyl (C=S) groups is 1. The molecule has 6 nitrogen and oxygen atoms in total. The van der Waals surface area contributed by atoms with Crippen molar-refractivity contribution in [2.75, 3.05) is 11.9 Å². The number of anilines is 1. The van der Waals surface area contributed by atoms with Gasteiger partial charge in [-0.25, -0.2) is 0 Å².